The SMILES string of the molecule is CCC(C)(NN)c1cccc(C)c1O. The lowest BCUT2D eigenvalue weighted by molar-refractivity contribution is 0.341. The van der Waals surface area contributed by atoms with Crippen molar-refractivity contribution in [3.8, 4) is 5.75 Å². The van der Waals surface area contributed by atoms with E-state index in [1.807, 2.05) is 39.0 Å². The van der Waals surface area contributed by atoms with E-state index in [0.717, 1.165) is 17.5 Å². The van der Waals surface area contributed by atoms with Gasteiger partial charge in [-0.2, -0.15) is 0 Å². The van der Waals surface area contributed by atoms with E-state index in [1.165, 1.54) is 0 Å². The van der Waals surface area contributed by atoms with E-state index in [4.69, 9.17) is 5.84 Å². The summed E-state index contributed by atoms with van der Waals surface area (Å²) in [5.74, 6) is 5.84. The molecule has 1 atom stereocenters. The zero-order valence-electron chi connectivity index (χ0n) is 8.96. The Bertz CT molecular complexity index is 319. The molecule has 4 N–H and O–H groups in total. The summed E-state index contributed by atoms with van der Waals surface area (Å²) < 4.78 is 0. The molecule has 14 heavy (non-hydrogen) atoms. The Morgan fingerprint density at radius 2 is 2.14 bits per heavy atom. The second kappa shape index (κ2) is 3.98. The Hall–Kier alpha value is -1.06. The van der Waals surface area contributed by atoms with Gasteiger partial charge in [0.25, 0.3) is 0 Å². The van der Waals surface area contributed by atoms with Crippen LogP contribution in [0.15, 0.2) is 18.2 Å². The van der Waals surface area contributed by atoms with Gasteiger partial charge in [0.05, 0.1) is 5.54 Å². The van der Waals surface area contributed by atoms with Gasteiger partial charge in [0.2, 0.25) is 0 Å². The molecule has 0 spiro atoms. The normalized spacial score (nSPS) is 15.1. The van der Waals surface area contributed by atoms with Crippen LogP contribution in [0.4, 0.5) is 0 Å². The van der Waals surface area contributed by atoms with Crippen molar-refractivity contribution in [3.05, 3.63) is 29.3 Å². The number of hydrogen-bond donors (Lipinski definition) is 3. The number of rotatable bonds is 3. The average molecular weight is 194 g/mol. The van der Waals surface area contributed by atoms with E-state index < -0.39 is 0 Å². The monoisotopic (exact) mass is 194 g/mol. The molecule has 0 saturated heterocycles. The lowest BCUT2D eigenvalue weighted by Crippen LogP contribution is -2.43. The highest BCUT2D eigenvalue weighted by atomic mass is 16.3. The molecule has 0 fully saturated rings. The van der Waals surface area contributed by atoms with Gasteiger partial charge >= 0.3 is 0 Å². The van der Waals surface area contributed by atoms with Crippen molar-refractivity contribution >= 4 is 0 Å². The van der Waals surface area contributed by atoms with Gasteiger partial charge < -0.3 is 5.11 Å². The first-order valence-electron chi connectivity index (χ1n) is 4.82. The number of hydrazine groups is 1. The molecule has 0 aliphatic rings. The molecule has 78 valence electrons. The van der Waals surface area contributed by atoms with Gasteiger partial charge in [-0.1, -0.05) is 25.1 Å². The third-order valence-electron chi connectivity index (χ3n) is 2.86. The Morgan fingerprint density at radius 1 is 1.50 bits per heavy atom. The number of nitrogens with two attached hydrogens (primary N) is 1. The van der Waals surface area contributed by atoms with Crippen LogP contribution in [-0.4, -0.2) is 5.11 Å². The topological polar surface area (TPSA) is 58.3 Å². The van der Waals surface area contributed by atoms with Crippen molar-refractivity contribution in [1.29, 1.82) is 0 Å². The molecular weight excluding hydrogens is 176 g/mol. The zero-order valence-corrected chi connectivity index (χ0v) is 8.96. The Balaban J connectivity index is 3.24. The second-order valence-electron chi connectivity index (χ2n) is 3.80. The van der Waals surface area contributed by atoms with E-state index in [9.17, 15) is 5.11 Å². The first-order chi connectivity index (χ1) is 6.55. The minimum atomic E-state index is -0.365. The lowest BCUT2D eigenvalue weighted by Gasteiger charge is -2.29. The van der Waals surface area contributed by atoms with E-state index in [2.05, 4.69) is 5.43 Å². The smallest absolute Gasteiger partial charge is 0.123 e. The van der Waals surface area contributed by atoms with E-state index in [-0.39, 0.29) is 5.54 Å². The van der Waals surface area contributed by atoms with E-state index in [1.54, 1.807) is 0 Å². The van der Waals surface area contributed by atoms with Gasteiger partial charge in [-0.3, -0.25) is 11.3 Å². The third kappa shape index (κ3) is 1.74. The van der Waals surface area contributed by atoms with Crippen molar-refractivity contribution in [2.75, 3.05) is 0 Å². The highest BCUT2D eigenvalue weighted by Crippen LogP contribution is 2.32. The van der Waals surface area contributed by atoms with Crippen LogP contribution in [0.5, 0.6) is 5.75 Å². The van der Waals surface area contributed by atoms with Crippen LogP contribution in [0.1, 0.15) is 31.4 Å². The molecule has 3 heteroatoms. The first-order valence-corrected chi connectivity index (χ1v) is 4.82. The first kappa shape index (κ1) is 11.0. The maximum atomic E-state index is 9.90. The molecule has 3 nitrogen and oxygen atoms in total. The molecule has 0 bridgehead atoms. The van der Waals surface area contributed by atoms with Crippen molar-refractivity contribution < 1.29 is 5.11 Å². The van der Waals surface area contributed by atoms with Crippen molar-refractivity contribution in [2.24, 2.45) is 5.84 Å². The molecule has 0 aliphatic carbocycles. The lowest BCUT2D eigenvalue weighted by atomic mass is 9.88. The van der Waals surface area contributed by atoms with Crippen LogP contribution in [-0.2, 0) is 5.54 Å². The predicted molar refractivity (Wildman–Crippen MR) is 57.8 cm³/mol. The molecule has 0 radical (unpaired) electrons. The molecule has 0 aromatic heterocycles. The van der Waals surface area contributed by atoms with Gasteiger partial charge in [-0.25, -0.2) is 0 Å². The minimum Gasteiger partial charge on any atom is -0.507 e. The summed E-state index contributed by atoms with van der Waals surface area (Å²) in [5, 5.41) is 9.90. The maximum absolute atomic E-state index is 9.90. The van der Waals surface area contributed by atoms with E-state index >= 15 is 0 Å². The van der Waals surface area contributed by atoms with Crippen LogP contribution in [0.2, 0.25) is 0 Å². The van der Waals surface area contributed by atoms with Gasteiger partial charge in [0.15, 0.2) is 0 Å². The quantitative estimate of drug-likeness (QED) is 0.508. The Morgan fingerprint density at radius 3 is 2.64 bits per heavy atom. The average Bonchev–Trinajstić information content (AvgIpc) is 2.21. The molecule has 1 aromatic rings. The highest BCUT2D eigenvalue weighted by molar-refractivity contribution is 5.43. The summed E-state index contributed by atoms with van der Waals surface area (Å²) in [7, 11) is 0. The second-order valence-corrected chi connectivity index (χ2v) is 3.80. The largest absolute Gasteiger partial charge is 0.507 e. The number of aryl methyl sites for hydroxylation is 1. The number of para-hydroxylation sites is 1. The summed E-state index contributed by atoms with van der Waals surface area (Å²) in [5.41, 5.74) is 4.11. The molecular formula is C11H18N2O. The number of nitrogens with one attached hydrogen (secondary N) is 1. The van der Waals surface area contributed by atoms with Crippen LogP contribution in [0.3, 0.4) is 0 Å². The standard InChI is InChI=1S/C11H18N2O/c1-4-11(3,13-12)9-7-5-6-8(2)10(9)14/h5-7,13-14H,4,12H2,1-3H3. The van der Waals surface area contributed by atoms with Crippen molar-refractivity contribution in [3.63, 3.8) is 0 Å². The highest BCUT2D eigenvalue weighted by Gasteiger charge is 2.26. The van der Waals surface area contributed by atoms with Crippen LogP contribution >= 0.6 is 0 Å². The Kier molecular flexibility index (Phi) is 3.13. The van der Waals surface area contributed by atoms with Crippen LogP contribution < -0.4 is 11.3 Å². The van der Waals surface area contributed by atoms with E-state index in [0.29, 0.717) is 5.75 Å². The number of phenols is 1. The van der Waals surface area contributed by atoms with Crippen LogP contribution in [0, 0.1) is 6.92 Å². The Labute approximate surface area is 84.9 Å². The van der Waals surface area contributed by atoms with Crippen molar-refractivity contribution in [1.82, 2.24) is 5.43 Å². The maximum Gasteiger partial charge on any atom is 0.123 e. The fourth-order valence-electron chi connectivity index (χ4n) is 1.47. The van der Waals surface area contributed by atoms with Gasteiger partial charge in [0, 0.05) is 5.56 Å². The number of benzene rings is 1. The molecule has 0 aliphatic heterocycles. The van der Waals surface area contributed by atoms with Crippen molar-refractivity contribution in [2.45, 2.75) is 32.7 Å². The number of aromatic hydroxyl groups is 1. The molecule has 0 amide bonds. The molecule has 0 saturated carbocycles. The summed E-state index contributed by atoms with van der Waals surface area (Å²) in [4.78, 5) is 0. The van der Waals surface area contributed by atoms with Gasteiger partial charge in [0.1, 0.15) is 5.75 Å². The summed E-state index contributed by atoms with van der Waals surface area (Å²) in [6.45, 7) is 5.88. The van der Waals surface area contributed by atoms with Crippen LogP contribution in [0.25, 0.3) is 0 Å². The van der Waals surface area contributed by atoms with Gasteiger partial charge in [-0.15, -0.1) is 0 Å². The molecule has 1 rings (SSSR count). The summed E-state index contributed by atoms with van der Waals surface area (Å²) in [6, 6.07) is 5.70. The van der Waals surface area contributed by atoms with Gasteiger partial charge in [-0.05, 0) is 25.8 Å². The fourth-order valence-corrected chi connectivity index (χ4v) is 1.47. The molecule has 1 unspecified atom stereocenters. The third-order valence-corrected chi connectivity index (χ3v) is 2.86. The number of hydrogen-bond acceptors (Lipinski definition) is 3. The zero-order chi connectivity index (χ0) is 10.8. The molecule has 1 aromatic carbocycles. The fraction of sp³-hybridized carbons (Fsp3) is 0.455. The number of phenolic OH excluding ortho intramolecular Hbond substituents is 1. The summed E-state index contributed by atoms with van der Waals surface area (Å²) in [6.07, 6.45) is 0.820. The minimum absolute atomic E-state index is 0.329. The predicted octanol–water partition coefficient (Wildman–Crippen LogP) is 1.79. The summed E-state index contributed by atoms with van der Waals surface area (Å²) >= 11 is 0. The molecule has 0 heterocycles.